The van der Waals surface area contributed by atoms with Crippen LogP contribution in [-0.2, 0) is 19.4 Å². The molecule has 146 valence electrons. The normalized spacial score (nSPS) is 17.6. The van der Waals surface area contributed by atoms with Crippen LogP contribution in [0.3, 0.4) is 0 Å². The predicted molar refractivity (Wildman–Crippen MR) is 103 cm³/mol. The van der Waals surface area contributed by atoms with E-state index >= 15 is 0 Å². The molecule has 1 N–H and O–H groups in total. The molecule has 3 aliphatic rings. The largest absolute Gasteiger partial charge is 0.454 e. The standard InChI is InChI=1S/C20H23N5O3/c26-20(21-12-14-4-5-17-18(10-14)28-13-27-17)25-8-6-24(7-9-25)19-11-15-2-1-3-16(15)22-23-19/h4-5,10-11H,1-3,6-9,12-13H2,(H,21,26). The zero-order valence-corrected chi connectivity index (χ0v) is 15.7. The fraction of sp³-hybridized carbons (Fsp3) is 0.450. The minimum Gasteiger partial charge on any atom is -0.454 e. The van der Waals surface area contributed by atoms with Crippen molar-refractivity contribution in [1.29, 1.82) is 0 Å². The molecule has 0 saturated carbocycles. The molecule has 8 nitrogen and oxygen atoms in total. The van der Waals surface area contributed by atoms with Crippen LogP contribution in [0.25, 0.3) is 0 Å². The van der Waals surface area contributed by atoms with Gasteiger partial charge in [-0.15, -0.1) is 5.10 Å². The van der Waals surface area contributed by atoms with Crippen molar-refractivity contribution in [1.82, 2.24) is 20.4 Å². The molecule has 1 aliphatic carbocycles. The van der Waals surface area contributed by atoms with Crippen LogP contribution in [0.2, 0.25) is 0 Å². The molecule has 0 bridgehead atoms. The van der Waals surface area contributed by atoms with Gasteiger partial charge in [-0.05, 0) is 48.6 Å². The Hall–Kier alpha value is -3.03. The van der Waals surface area contributed by atoms with Gasteiger partial charge in [-0.1, -0.05) is 6.07 Å². The van der Waals surface area contributed by atoms with E-state index in [4.69, 9.17) is 9.47 Å². The second-order valence-electron chi connectivity index (χ2n) is 7.35. The minimum absolute atomic E-state index is 0.0441. The summed E-state index contributed by atoms with van der Waals surface area (Å²) in [7, 11) is 0. The Morgan fingerprint density at radius 2 is 1.89 bits per heavy atom. The average molecular weight is 381 g/mol. The van der Waals surface area contributed by atoms with Gasteiger partial charge >= 0.3 is 6.03 Å². The van der Waals surface area contributed by atoms with Crippen molar-refractivity contribution in [3.8, 4) is 11.5 Å². The summed E-state index contributed by atoms with van der Waals surface area (Å²) in [5, 5.41) is 11.7. The number of amides is 2. The highest BCUT2D eigenvalue weighted by atomic mass is 16.7. The average Bonchev–Trinajstić information content (AvgIpc) is 3.40. The molecule has 28 heavy (non-hydrogen) atoms. The SMILES string of the molecule is O=C(NCc1ccc2c(c1)OCO2)N1CCN(c2cc3c(nn2)CCC3)CC1. The van der Waals surface area contributed by atoms with Gasteiger partial charge in [0.2, 0.25) is 6.79 Å². The Kier molecular flexibility index (Phi) is 4.38. The number of nitrogens with zero attached hydrogens (tertiary/aromatic N) is 4. The zero-order valence-electron chi connectivity index (χ0n) is 15.7. The maximum atomic E-state index is 12.5. The third kappa shape index (κ3) is 3.30. The highest BCUT2D eigenvalue weighted by Gasteiger charge is 2.23. The van der Waals surface area contributed by atoms with Crippen molar-refractivity contribution in [3.05, 3.63) is 41.1 Å². The van der Waals surface area contributed by atoms with Gasteiger partial charge in [-0.25, -0.2) is 4.79 Å². The van der Waals surface area contributed by atoms with Crippen LogP contribution in [0, 0.1) is 0 Å². The van der Waals surface area contributed by atoms with E-state index in [2.05, 4.69) is 26.5 Å². The minimum atomic E-state index is -0.0441. The zero-order chi connectivity index (χ0) is 18.9. The lowest BCUT2D eigenvalue weighted by molar-refractivity contribution is 0.174. The van der Waals surface area contributed by atoms with Crippen molar-refractivity contribution in [2.75, 3.05) is 37.9 Å². The number of urea groups is 1. The van der Waals surface area contributed by atoms with Crippen molar-refractivity contribution in [2.45, 2.75) is 25.8 Å². The number of aromatic nitrogens is 2. The summed E-state index contributed by atoms with van der Waals surface area (Å²) < 4.78 is 10.7. The van der Waals surface area contributed by atoms with Crippen LogP contribution >= 0.6 is 0 Å². The lowest BCUT2D eigenvalue weighted by Crippen LogP contribution is -2.52. The van der Waals surface area contributed by atoms with E-state index in [1.54, 1.807) is 0 Å². The summed E-state index contributed by atoms with van der Waals surface area (Å²) in [6.07, 6.45) is 3.31. The monoisotopic (exact) mass is 381 g/mol. The number of aryl methyl sites for hydroxylation is 2. The van der Waals surface area contributed by atoms with E-state index in [-0.39, 0.29) is 12.8 Å². The number of ether oxygens (including phenoxy) is 2. The van der Waals surface area contributed by atoms with Gasteiger partial charge in [0.25, 0.3) is 0 Å². The molecule has 1 saturated heterocycles. The fourth-order valence-electron chi connectivity index (χ4n) is 3.95. The van der Waals surface area contributed by atoms with Gasteiger partial charge in [-0.3, -0.25) is 0 Å². The molecule has 3 heterocycles. The molecule has 0 atom stereocenters. The van der Waals surface area contributed by atoms with Gasteiger partial charge < -0.3 is 24.6 Å². The molecule has 2 aromatic rings. The van der Waals surface area contributed by atoms with Crippen LogP contribution in [0.1, 0.15) is 23.2 Å². The number of benzene rings is 1. The van der Waals surface area contributed by atoms with Crippen LogP contribution in [0.4, 0.5) is 10.6 Å². The van der Waals surface area contributed by atoms with Crippen LogP contribution in [0.5, 0.6) is 11.5 Å². The van der Waals surface area contributed by atoms with Gasteiger partial charge in [0.1, 0.15) is 0 Å². The molecule has 1 aromatic heterocycles. The second kappa shape index (κ2) is 7.18. The third-order valence-electron chi connectivity index (χ3n) is 5.58. The first-order valence-corrected chi connectivity index (χ1v) is 9.78. The highest BCUT2D eigenvalue weighted by molar-refractivity contribution is 5.74. The maximum absolute atomic E-state index is 12.5. The summed E-state index contributed by atoms with van der Waals surface area (Å²) in [5.74, 6) is 2.41. The van der Waals surface area contributed by atoms with Crippen molar-refractivity contribution in [2.24, 2.45) is 0 Å². The Labute approximate surface area is 163 Å². The molecule has 5 rings (SSSR count). The number of piperazine rings is 1. The van der Waals surface area contributed by atoms with Gasteiger partial charge in [0.15, 0.2) is 17.3 Å². The quantitative estimate of drug-likeness (QED) is 0.872. The first-order chi connectivity index (χ1) is 13.8. The third-order valence-corrected chi connectivity index (χ3v) is 5.58. The predicted octanol–water partition coefficient (Wildman–Crippen LogP) is 1.73. The summed E-state index contributed by atoms with van der Waals surface area (Å²) >= 11 is 0. The number of carbonyl (C=O) groups excluding carboxylic acids is 1. The number of rotatable bonds is 3. The Morgan fingerprint density at radius 1 is 1.04 bits per heavy atom. The summed E-state index contributed by atoms with van der Waals surface area (Å²) in [4.78, 5) is 16.6. The Bertz CT molecular complexity index is 895. The van der Waals surface area contributed by atoms with E-state index in [9.17, 15) is 4.79 Å². The van der Waals surface area contributed by atoms with Gasteiger partial charge in [0, 0.05) is 32.7 Å². The molecule has 0 spiro atoms. The van der Waals surface area contributed by atoms with E-state index < -0.39 is 0 Å². The highest BCUT2D eigenvalue weighted by Crippen LogP contribution is 2.32. The van der Waals surface area contributed by atoms with Crippen LogP contribution < -0.4 is 19.7 Å². The summed E-state index contributed by atoms with van der Waals surface area (Å²) in [6.45, 7) is 3.60. The molecular weight excluding hydrogens is 358 g/mol. The van der Waals surface area contributed by atoms with E-state index in [0.717, 1.165) is 54.5 Å². The maximum Gasteiger partial charge on any atom is 0.317 e. The number of nitrogens with one attached hydrogen (secondary N) is 1. The number of anilines is 1. The molecule has 2 amide bonds. The van der Waals surface area contributed by atoms with Crippen LogP contribution in [-0.4, -0.2) is 54.1 Å². The molecule has 8 heteroatoms. The first kappa shape index (κ1) is 17.1. The Morgan fingerprint density at radius 3 is 2.79 bits per heavy atom. The Balaban J connectivity index is 1.14. The molecular formula is C20H23N5O3. The van der Waals surface area contributed by atoms with Gasteiger partial charge in [0.05, 0.1) is 5.69 Å². The summed E-state index contributed by atoms with van der Waals surface area (Å²) in [6, 6.07) is 7.85. The van der Waals surface area contributed by atoms with Crippen LogP contribution in [0.15, 0.2) is 24.3 Å². The lowest BCUT2D eigenvalue weighted by Gasteiger charge is -2.35. The van der Waals surface area contributed by atoms with E-state index in [1.807, 2.05) is 23.1 Å². The molecule has 0 radical (unpaired) electrons. The topological polar surface area (TPSA) is 79.8 Å². The van der Waals surface area contributed by atoms with E-state index in [1.165, 1.54) is 12.0 Å². The number of hydrogen-bond donors (Lipinski definition) is 1. The lowest BCUT2D eigenvalue weighted by atomic mass is 10.2. The van der Waals surface area contributed by atoms with Crippen molar-refractivity contribution < 1.29 is 14.3 Å². The fourth-order valence-corrected chi connectivity index (χ4v) is 3.95. The summed E-state index contributed by atoms with van der Waals surface area (Å²) in [5.41, 5.74) is 3.46. The van der Waals surface area contributed by atoms with Gasteiger partial charge in [-0.2, -0.15) is 5.10 Å². The number of carbonyl (C=O) groups is 1. The number of hydrogen-bond acceptors (Lipinski definition) is 6. The smallest absolute Gasteiger partial charge is 0.317 e. The van der Waals surface area contributed by atoms with Crippen molar-refractivity contribution in [3.63, 3.8) is 0 Å². The molecule has 2 aliphatic heterocycles. The van der Waals surface area contributed by atoms with E-state index in [0.29, 0.717) is 19.6 Å². The molecule has 0 unspecified atom stereocenters. The molecule has 1 fully saturated rings. The second-order valence-corrected chi connectivity index (χ2v) is 7.35. The van der Waals surface area contributed by atoms with Crippen molar-refractivity contribution >= 4 is 11.8 Å². The first-order valence-electron chi connectivity index (χ1n) is 9.78. The molecule has 1 aromatic carbocycles. The number of fused-ring (bicyclic) bond motifs is 2.